The zero-order valence-corrected chi connectivity index (χ0v) is 12.8. The van der Waals surface area contributed by atoms with Crippen LogP contribution in [0.5, 0.6) is 0 Å². The fourth-order valence-corrected chi connectivity index (χ4v) is 2.26. The van der Waals surface area contributed by atoms with E-state index >= 15 is 0 Å². The van der Waals surface area contributed by atoms with Crippen molar-refractivity contribution in [3.63, 3.8) is 0 Å². The van der Waals surface area contributed by atoms with Gasteiger partial charge in [-0.25, -0.2) is 0 Å². The predicted octanol–water partition coefficient (Wildman–Crippen LogP) is 3.57. The lowest BCUT2D eigenvalue weighted by molar-refractivity contribution is 0.0963. The van der Waals surface area contributed by atoms with Crippen LogP contribution < -0.4 is 10.6 Å². The molecule has 3 heteroatoms. The second-order valence-corrected chi connectivity index (χ2v) is 5.30. The number of carbonyl (C=O) groups is 1. The third-order valence-corrected chi connectivity index (χ3v) is 3.69. The number of nitrogens with one attached hydrogen (secondary N) is 2. The number of rotatable bonds is 5. The van der Waals surface area contributed by atoms with Gasteiger partial charge in [-0.1, -0.05) is 43.3 Å². The number of carbonyl (C=O) groups excluding carboxylic acids is 1. The normalized spacial score (nSPS) is 11.8. The third-order valence-electron chi connectivity index (χ3n) is 3.69. The van der Waals surface area contributed by atoms with E-state index in [1.165, 1.54) is 5.56 Å². The molecule has 1 unspecified atom stereocenters. The van der Waals surface area contributed by atoms with Gasteiger partial charge in [-0.15, -0.1) is 0 Å². The zero-order chi connectivity index (χ0) is 15.2. The summed E-state index contributed by atoms with van der Waals surface area (Å²) in [6.07, 6.45) is 0. The summed E-state index contributed by atoms with van der Waals surface area (Å²) < 4.78 is 0. The molecule has 0 bridgehead atoms. The molecule has 3 nitrogen and oxygen atoms in total. The summed E-state index contributed by atoms with van der Waals surface area (Å²) in [4.78, 5) is 11.7. The predicted molar refractivity (Wildman–Crippen MR) is 87.9 cm³/mol. The molecule has 0 radical (unpaired) electrons. The minimum atomic E-state index is -0.0610. The van der Waals surface area contributed by atoms with Gasteiger partial charge in [-0.05, 0) is 36.1 Å². The van der Waals surface area contributed by atoms with Gasteiger partial charge in [-0.3, -0.25) is 4.79 Å². The first-order chi connectivity index (χ1) is 10.1. The summed E-state index contributed by atoms with van der Waals surface area (Å²) in [7, 11) is 1.65. The Morgan fingerprint density at radius 2 is 1.86 bits per heavy atom. The van der Waals surface area contributed by atoms with E-state index in [-0.39, 0.29) is 5.91 Å². The zero-order valence-electron chi connectivity index (χ0n) is 12.8. The Kier molecular flexibility index (Phi) is 4.99. The van der Waals surface area contributed by atoms with Crippen LogP contribution in [0.25, 0.3) is 0 Å². The maximum Gasteiger partial charge on any atom is 0.251 e. The molecule has 0 aliphatic carbocycles. The molecule has 2 aromatic carbocycles. The second-order valence-electron chi connectivity index (χ2n) is 5.30. The third kappa shape index (κ3) is 3.85. The van der Waals surface area contributed by atoms with Gasteiger partial charge < -0.3 is 10.6 Å². The maximum atomic E-state index is 11.7. The van der Waals surface area contributed by atoms with Crippen LogP contribution in [0, 0.1) is 6.92 Å². The highest BCUT2D eigenvalue weighted by atomic mass is 16.1. The molecule has 2 N–H and O–H groups in total. The van der Waals surface area contributed by atoms with Crippen molar-refractivity contribution in [1.29, 1.82) is 0 Å². The van der Waals surface area contributed by atoms with Gasteiger partial charge in [0.25, 0.3) is 5.91 Å². The Bertz CT molecular complexity index is 608. The van der Waals surface area contributed by atoms with Crippen LogP contribution in [0.4, 0.5) is 5.69 Å². The average Bonchev–Trinajstić information content (AvgIpc) is 2.53. The van der Waals surface area contributed by atoms with Gasteiger partial charge in [0.15, 0.2) is 0 Å². The van der Waals surface area contributed by atoms with E-state index in [1.54, 1.807) is 7.05 Å². The van der Waals surface area contributed by atoms with Gasteiger partial charge in [-0.2, -0.15) is 0 Å². The van der Waals surface area contributed by atoms with Crippen LogP contribution in [-0.2, 0) is 0 Å². The maximum absolute atomic E-state index is 11.7. The van der Waals surface area contributed by atoms with Crippen LogP contribution in [-0.4, -0.2) is 19.5 Å². The standard InChI is InChI=1S/C18H22N2O/c1-13-9-10-16(18(21)19-3)11-17(13)20-12-14(2)15-7-5-4-6-8-15/h4-11,14,20H,12H2,1-3H3,(H,19,21). The molecule has 110 valence electrons. The second kappa shape index (κ2) is 6.93. The molecule has 0 fully saturated rings. The van der Waals surface area contributed by atoms with Crippen LogP contribution in [0.1, 0.15) is 34.3 Å². The van der Waals surface area contributed by atoms with Crippen LogP contribution in [0.15, 0.2) is 48.5 Å². The monoisotopic (exact) mass is 282 g/mol. The summed E-state index contributed by atoms with van der Waals surface area (Å²) in [6, 6.07) is 16.2. The SMILES string of the molecule is CNC(=O)c1ccc(C)c(NCC(C)c2ccccc2)c1. The van der Waals surface area contributed by atoms with Gasteiger partial charge >= 0.3 is 0 Å². The van der Waals surface area contributed by atoms with Gasteiger partial charge in [0.1, 0.15) is 0 Å². The average molecular weight is 282 g/mol. The summed E-state index contributed by atoms with van der Waals surface area (Å²) in [5.41, 5.74) is 4.14. The first-order valence-electron chi connectivity index (χ1n) is 7.23. The minimum Gasteiger partial charge on any atom is -0.384 e. The van der Waals surface area contributed by atoms with Gasteiger partial charge in [0.2, 0.25) is 0 Å². The lowest BCUT2D eigenvalue weighted by Crippen LogP contribution is -2.18. The molecule has 2 rings (SSSR count). The van der Waals surface area contributed by atoms with Crippen LogP contribution in [0.2, 0.25) is 0 Å². The number of anilines is 1. The molecule has 0 aliphatic heterocycles. The highest BCUT2D eigenvalue weighted by Crippen LogP contribution is 2.20. The molecular formula is C18H22N2O. The summed E-state index contributed by atoms with van der Waals surface area (Å²) in [5, 5.41) is 6.10. The van der Waals surface area contributed by atoms with Crippen molar-refractivity contribution in [2.24, 2.45) is 0 Å². The molecule has 0 aromatic heterocycles. The van der Waals surface area contributed by atoms with Crippen molar-refractivity contribution in [2.75, 3.05) is 18.9 Å². The number of amides is 1. The summed E-state index contributed by atoms with van der Waals surface area (Å²) >= 11 is 0. The van der Waals surface area contributed by atoms with Crippen molar-refractivity contribution in [3.05, 3.63) is 65.2 Å². The van der Waals surface area contributed by atoms with Crippen molar-refractivity contribution >= 4 is 11.6 Å². The largest absolute Gasteiger partial charge is 0.384 e. The number of hydrogen-bond acceptors (Lipinski definition) is 2. The highest BCUT2D eigenvalue weighted by Gasteiger charge is 2.08. The summed E-state index contributed by atoms with van der Waals surface area (Å²) in [5.74, 6) is 0.350. The van der Waals surface area contributed by atoms with E-state index < -0.39 is 0 Å². The minimum absolute atomic E-state index is 0.0610. The Morgan fingerprint density at radius 1 is 1.14 bits per heavy atom. The lowest BCUT2D eigenvalue weighted by atomic mass is 10.0. The first kappa shape index (κ1) is 15.1. The molecule has 0 saturated carbocycles. The summed E-state index contributed by atoms with van der Waals surface area (Å²) in [6.45, 7) is 5.07. The van der Waals surface area contributed by atoms with Gasteiger partial charge in [0.05, 0.1) is 0 Å². The molecule has 1 amide bonds. The lowest BCUT2D eigenvalue weighted by Gasteiger charge is -2.16. The fourth-order valence-electron chi connectivity index (χ4n) is 2.26. The number of hydrogen-bond donors (Lipinski definition) is 2. The van der Waals surface area contributed by atoms with E-state index in [4.69, 9.17) is 0 Å². The molecule has 0 aliphatic rings. The van der Waals surface area contributed by atoms with Crippen LogP contribution in [0.3, 0.4) is 0 Å². The molecular weight excluding hydrogens is 260 g/mol. The topological polar surface area (TPSA) is 41.1 Å². The van der Waals surface area contributed by atoms with Crippen molar-refractivity contribution in [3.8, 4) is 0 Å². The molecule has 0 heterocycles. The van der Waals surface area contributed by atoms with Crippen molar-refractivity contribution in [1.82, 2.24) is 5.32 Å². The van der Waals surface area contributed by atoms with Gasteiger partial charge in [0, 0.05) is 24.8 Å². The van der Waals surface area contributed by atoms with E-state index in [2.05, 4.69) is 41.8 Å². The smallest absolute Gasteiger partial charge is 0.251 e. The molecule has 1 atom stereocenters. The van der Waals surface area contributed by atoms with E-state index in [1.807, 2.05) is 31.2 Å². The Labute approximate surface area is 126 Å². The fraction of sp³-hybridized carbons (Fsp3) is 0.278. The van der Waals surface area contributed by atoms with E-state index in [0.717, 1.165) is 17.8 Å². The molecule has 0 saturated heterocycles. The number of benzene rings is 2. The highest BCUT2D eigenvalue weighted by molar-refractivity contribution is 5.95. The quantitative estimate of drug-likeness (QED) is 0.880. The van der Waals surface area contributed by atoms with E-state index in [0.29, 0.717) is 11.5 Å². The Balaban J connectivity index is 2.07. The number of aryl methyl sites for hydroxylation is 1. The molecule has 2 aromatic rings. The Hall–Kier alpha value is -2.29. The van der Waals surface area contributed by atoms with Crippen molar-refractivity contribution < 1.29 is 4.79 Å². The van der Waals surface area contributed by atoms with Crippen LogP contribution >= 0.6 is 0 Å². The molecule has 0 spiro atoms. The molecule has 21 heavy (non-hydrogen) atoms. The first-order valence-corrected chi connectivity index (χ1v) is 7.23. The Morgan fingerprint density at radius 3 is 2.52 bits per heavy atom. The van der Waals surface area contributed by atoms with E-state index in [9.17, 15) is 4.79 Å². The van der Waals surface area contributed by atoms with Crippen molar-refractivity contribution in [2.45, 2.75) is 19.8 Å².